The number of piperazine rings is 1. The van der Waals surface area contributed by atoms with Crippen LogP contribution in [0.5, 0.6) is 5.75 Å². The quantitative estimate of drug-likeness (QED) is 0.735. The number of nitrogens with one attached hydrogen (secondary N) is 2. The van der Waals surface area contributed by atoms with Crippen LogP contribution in [0.4, 0.5) is 5.82 Å². The van der Waals surface area contributed by atoms with Gasteiger partial charge in [-0.25, -0.2) is 4.98 Å². The van der Waals surface area contributed by atoms with Crippen molar-refractivity contribution < 1.29 is 9.53 Å². The summed E-state index contributed by atoms with van der Waals surface area (Å²) >= 11 is 3.27. The Kier molecular flexibility index (Phi) is 3.19. The molecule has 18 heavy (non-hydrogen) atoms. The molecular weight excluding hydrogens is 300 g/mol. The molecule has 1 fully saturated rings. The summed E-state index contributed by atoms with van der Waals surface area (Å²) in [7, 11) is 0. The Morgan fingerprint density at radius 1 is 1.39 bits per heavy atom. The number of pyridine rings is 1. The monoisotopic (exact) mass is 312 g/mol. The highest BCUT2D eigenvalue weighted by molar-refractivity contribution is 9.10. The van der Waals surface area contributed by atoms with Gasteiger partial charge in [-0.05, 0) is 28.1 Å². The fraction of sp³-hybridized carbons (Fsp3) is 0.455. The number of carbonyl (C=O) groups is 1. The van der Waals surface area contributed by atoms with Crippen LogP contribution in [0.25, 0.3) is 0 Å². The van der Waals surface area contributed by atoms with Crippen molar-refractivity contribution in [3.8, 4) is 5.75 Å². The predicted molar refractivity (Wildman–Crippen MR) is 69.4 cm³/mol. The smallest absolute Gasteiger partial charge is 0.282 e. The molecule has 3 rings (SSSR count). The number of rotatable bonds is 1. The molecule has 96 valence electrons. The molecule has 0 radical (unpaired) electrons. The van der Waals surface area contributed by atoms with Gasteiger partial charge in [0.05, 0.1) is 0 Å². The second-order valence-electron chi connectivity index (χ2n) is 4.23. The van der Waals surface area contributed by atoms with Crippen molar-refractivity contribution >= 4 is 27.7 Å². The minimum absolute atomic E-state index is 0.157. The first-order valence-corrected chi connectivity index (χ1v) is 6.62. The number of halogens is 1. The molecule has 1 amide bonds. The van der Waals surface area contributed by atoms with Gasteiger partial charge in [0.15, 0.2) is 11.6 Å². The first-order chi connectivity index (χ1) is 8.74. The molecule has 0 saturated carbocycles. The first kappa shape index (κ1) is 11.9. The van der Waals surface area contributed by atoms with E-state index in [9.17, 15) is 4.79 Å². The minimum atomic E-state index is -0.553. The number of fused-ring (bicyclic) bond motifs is 1. The maximum Gasteiger partial charge on any atom is 0.282 e. The fourth-order valence-electron chi connectivity index (χ4n) is 2.12. The summed E-state index contributed by atoms with van der Waals surface area (Å²) in [4.78, 5) is 18.2. The molecule has 1 atom stereocenters. The average Bonchev–Trinajstić information content (AvgIpc) is 2.39. The van der Waals surface area contributed by atoms with Gasteiger partial charge in [0.25, 0.3) is 5.91 Å². The summed E-state index contributed by atoms with van der Waals surface area (Å²) in [5, 5.41) is 6.03. The molecule has 2 N–H and O–H groups in total. The van der Waals surface area contributed by atoms with Gasteiger partial charge in [-0.3, -0.25) is 9.69 Å². The van der Waals surface area contributed by atoms with Gasteiger partial charge < -0.3 is 15.4 Å². The lowest BCUT2D eigenvalue weighted by Gasteiger charge is -2.36. The van der Waals surface area contributed by atoms with Gasteiger partial charge >= 0.3 is 0 Å². The predicted octanol–water partition coefficient (Wildman–Crippen LogP) is 0.406. The average molecular weight is 313 g/mol. The number of hydrogen-bond donors (Lipinski definition) is 2. The number of aromatic nitrogens is 1. The molecule has 0 aliphatic carbocycles. The van der Waals surface area contributed by atoms with E-state index in [1.165, 1.54) is 0 Å². The highest BCUT2D eigenvalue weighted by atomic mass is 79.9. The zero-order valence-corrected chi connectivity index (χ0v) is 11.2. The summed E-state index contributed by atoms with van der Waals surface area (Å²) < 4.78 is 6.41. The van der Waals surface area contributed by atoms with E-state index in [2.05, 4.69) is 31.5 Å². The number of nitrogens with zero attached hydrogens (tertiary/aromatic N) is 2. The molecule has 2 aliphatic rings. The Bertz CT molecular complexity index is 476. The minimum Gasteiger partial charge on any atom is -0.462 e. The van der Waals surface area contributed by atoms with Crippen molar-refractivity contribution in [1.29, 1.82) is 0 Å². The lowest BCUT2D eigenvalue weighted by molar-refractivity contribution is -0.132. The molecule has 3 heterocycles. The van der Waals surface area contributed by atoms with Gasteiger partial charge in [0, 0.05) is 26.2 Å². The van der Waals surface area contributed by atoms with E-state index in [4.69, 9.17) is 4.74 Å². The van der Waals surface area contributed by atoms with Crippen LogP contribution in [-0.2, 0) is 4.79 Å². The topological polar surface area (TPSA) is 66.5 Å². The Morgan fingerprint density at radius 3 is 2.94 bits per heavy atom. The third-order valence-electron chi connectivity index (χ3n) is 3.01. The van der Waals surface area contributed by atoms with Crippen molar-refractivity contribution in [3.63, 3.8) is 0 Å². The number of amides is 1. The zero-order valence-electron chi connectivity index (χ0n) is 9.65. The summed E-state index contributed by atoms with van der Waals surface area (Å²) in [6.07, 6.45) is -0.553. The van der Waals surface area contributed by atoms with E-state index in [1.807, 2.05) is 4.90 Å². The van der Waals surface area contributed by atoms with Crippen molar-refractivity contribution in [2.24, 2.45) is 0 Å². The third-order valence-corrected chi connectivity index (χ3v) is 3.45. The summed E-state index contributed by atoms with van der Waals surface area (Å²) in [6.45, 7) is 3.35. The number of ether oxygens (including phenoxy) is 1. The van der Waals surface area contributed by atoms with Crippen molar-refractivity contribution in [1.82, 2.24) is 15.2 Å². The molecule has 7 heteroatoms. The number of carbonyl (C=O) groups excluding carboxylic acids is 1. The second-order valence-corrected chi connectivity index (χ2v) is 5.04. The normalized spacial score (nSPS) is 24.1. The molecule has 0 spiro atoms. The van der Waals surface area contributed by atoms with Crippen LogP contribution >= 0.6 is 15.9 Å². The van der Waals surface area contributed by atoms with Crippen molar-refractivity contribution in [3.05, 3.63) is 16.7 Å². The number of anilines is 1. The lowest BCUT2D eigenvalue weighted by atomic mass is 10.3. The van der Waals surface area contributed by atoms with Crippen LogP contribution in [0.1, 0.15) is 0 Å². The fourth-order valence-corrected chi connectivity index (χ4v) is 2.43. The van der Waals surface area contributed by atoms with Gasteiger partial charge in [-0.1, -0.05) is 0 Å². The molecule has 0 bridgehead atoms. The summed E-state index contributed by atoms with van der Waals surface area (Å²) in [6, 6.07) is 3.60. The van der Waals surface area contributed by atoms with Crippen LogP contribution < -0.4 is 15.4 Å². The van der Waals surface area contributed by atoms with Crippen molar-refractivity contribution in [2.75, 3.05) is 31.5 Å². The van der Waals surface area contributed by atoms with Crippen LogP contribution in [0, 0.1) is 0 Å². The highest BCUT2D eigenvalue weighted by Gasteiger charge is 2.34. The van der Waals surface area contributed by atoms with E-state index < -0.39 is 6.23 Å². The van der Waals surface area contributed by atoms with Crippen LogP contribution in [0.2, 0.25) is 0 Å². The van der Waals surface area contributed by atoms with E-state index in [-0.39, 0.29) is 5.91 Å². The van der Waals surface area contributed by atoms with Gasteiger partial charge in [0.1, 0.15) is 4.60 Å². The molecule has 6 nitrogen and oxygen atoms in total. The Balaban J connectivity index is 1.82. The van der Waals surface area contributed by atoms with Crippen LogP contribution in [-0.4, -0.2) is 48.2 Å². The molecule has 1 unspecified atom stereocenters. The summed E-state index contributed by atoms with van der Waals surface area (Å²) in [5.41, 5.74) is 0. The van der Waals surface area contributed by atoms with Gasteiger partial charge in [0.2, 0.25) is 6.23 Å². The maximum absolute atomic E-state index is 12.0. The Morgan fingerprint density at radius 2 is 2.17 bits per heavy atom. The number of hydrogen-bond acceptors (Lipinski definition) is 5. The molecule has 0 aromatic carbocycles. The summed E-state index contributed by atoms with van der Waals surface area (Å²) in [5.74, 6) is 0.928. The van der Waals surface area contributed by atoms with E-state index in [0.717, 1.165) is 26.2 Å². The van der Waals surface area contributed by atoms with Crippen molar-refractivity contribution in [2.45, 2.75) is 6.23 Å². The van der Waals surface area contributed by atoms with Crippen LogP contribution in [0.15, 0.2) is 16.7 Å². The van der Waals surface area contributed by atoms with E-state index in [1.54, 1.807) is 12.1 Å². The Labute approximate surface area is 113 Å². The highest BCUT2D eigenvalue weighted by Crippen LogP contribution is 2.29. The SMILES string of the molecule is O=C1Nc2nc(Br)ccc2OC1N1CCNCC1. The van der Waals surface area contributed by atoms with Gasteiger partial charge in [-0.15, -0.1) is 0 Å². The molecule has 2 aliphatic heterocycles. The second kappa shape index (κ2) is 4.83. The molecule has 1 saturated heterocycles. The lowest BCUT2D eigenvalue weighted by Crippen LogP contribution is -2.56. The zero-order chi connectivity index (χ0) is 12.5. The molecule has 1 aromatic heterocycles. The first-order valence-electron chi connectivity index (χ1n) is 5.83. The maximum atomic E-state index is 12.0. The largest absolute Gasteiger partial charge is 0.462 e. The van der Waals surface area contributed by atoms with E-state index in [0.29, 0.717) is 16.2 Å². The Hall–Kier alpha value is -1.18. The third kappa shape index (κ3) is 2.21. The van der Waals surface area contributed by atoms with E-state index >= 15 is 0 Å². The van der Waals surface area contributed by atoms with Crippen LogP contribution in [0.3, 0.4) is 0 Å². The molecular formula is C11H13BrN4O2. The molecule has 1 aromatic rings. The van der Waals surface area contributed by atoms with Gasteiger partial charge in [-0.2, -0.15) is 0 Å². The standard InChI is InChI=1S/C11H13BrN4O2/c12-8-2-1-7-9(14-8)15-10(17)11(18-7)16-5-3-13-4-6-16/h1-2,11,13H,3-6H2,(H,14,15,17).